The molecule has 188 valence electrons. The lowest BCUT2D eigenvalue weighted by Gasteiger charge is -2.38. The van der Waals surface area contributed by atoms with E-state index in [1.165, 1.54) is 5.69 Å². The molecular formula is C26H37N7O2. The average Bonchev–Trinajstić information content (AvgIpc) is 2.87. The molecule has 4 N–H and O–H groups in total. The Morgan fingerprint density at radius 2 is 1.97 bits per heavy atom. The molecular weight excluding hydrogens is 442 g/mol. The monoisotopic (exact) mass is 479 g/mol. The second kappa shape index (κ2) is 10.5. The molecule has 35 heavy (non-hydrogen) atoms. The Balaban J connectivity index is 1.25. The van der Waals surface area contributed by atoms with Crippen LogP contribution >= 0.6 is 0 Å². The van der Waals surface area contributed by atoms with Crippen molar-refractivity contribution in [3.63, 3.8) is 0 Å². The minimum absolute atomic E-state index is 0.0103. The number of anilines is 1. The lowest BCUT2D eigenvalue weighted by molar-refractivity contribution is 0.0320. The minimum Gasteiger partial charge on any atom is -0.389 e. The van der Waals surface area contributed by atoms with E-state index in [4.69, 9.17) is 9.73 Å². The van der Waals surface area contributed by atoms with Crippen LogP contribution in [0.1, 0.15) is 19.4 Å². The maximum absolute atomic E-state index is 10.1. The Morgan fingerprint density at radius 1 is 1.17 bits per heavy atom. The largest absolute Gasteiger partial charge is 0.389 e. The predicted octanol–water partition coefficient (Wildman–Crippen LogP) is 0.795. The number of aliphatic imine (C=N–C) groups is 2. The van der Waals surface area contributed by atoms with E-state index in [-0.39, 0.29) is 12.1 Å². The van der Waals surface area contributed by atoms with Crippen LogP contribution in [0.15, 0.2) is 52.7 Å². The first kappa shape index (κ1) is 24.0. The number of fused-ring (bicyclic) bond motifs is 1. The van der Waals surface area contributed by atoms with E-state index in [2.05, 4.69) is 61.1 Å². The molecule has 0 aliphatic carbocycles. The Hall–Kier alpha value is -2.72. The highest BCUT2D eigenvalue weighted by atomic mass is 16.5. The number of aliphatic hydroxyl groups is 1. The molecule has 0 saturated carbocycles. The smallest absolute Gasteiger partial charge is 0.151 e. The van der Waals surface area contributed by atoms with Gasteiger partial charge in [0.2, 0.25) is 0 Å². The molecule has 1 aromatic rings. The number of benzene rings is 1. The molecule has 2 fully saturated rings. The molecule has 0 amide bonds. The molecule has 1 aromatic carbocycles. The van der Waals surface area contributed by atoms with Crippen molar-refractivity contribution in [2.24, 2.45) is 9.98 Å². The van der Waals surface area contributed by atoms with E-state index in [9.17, 15) is 5.11 Å². The third-order valence-corrected chi connectivity index (χ3v) is 6.67. The van der Waals surface area contributed by atoms with Gasteiger partial charge in [-0.2, -0.15) is 0 Å². The summed E-state index contributed by atoms with van der Waals surface area (Å²) in [5.41, 5.74) is 3.49. The Kier molecular flexibility index (Phi) is 7.19. The number of hydrogen-bond acceptors (Lipinski definition) is 9. The second-order valence-electron chi connectivity index (χ2n) is 10.2. The van der Waals surface area contributed by atoms with Crippen molar-refractivity contribution < 1.29 is 9.84 Å². The third-order valence-electron chi connectivity index (χ3n) is 6.67. The number of ether oxygens (including phenoxy) is 1. The van der Waals surface area contributed by atoms with Gasteiger partial charge in [-0.15, -0.1) is 0 Å². The zero-order chi connectivity index (χ0) is 24.3. The van der Waals surface area contributed by atoms with Gasteiger partial charge in [0, 0.05) is 76.0 Å². The van der Waals surface area contributed by atoms with Crippen LogP contribution in [0.2, 0.25) is 0 Å². The molecule has 0 bridgehead atoms. The molecule has 2 unspecified atom stereocenters. The van der Waals surface area contributed by atoms with Gasteiger partial charge in [0.1, 0.15) is 5.71 Å². The number of nitrogens with zero attached hydrogens (tertiary/aromatic N) is 4. The highest BCUT2D eigenvalue weighted by molar-refractivity contribution is 6.45. The van der Waals surface area contributed by atoms with Crippen LogP contribution < -0.4 is 20.9 Å². The van der Waals surface area contributed by atoms with Gasteiger partial charge in [0.25, 0.3) is 0 Å². The lowest BCUT2D eigenvalue weighted by Crippen LogP contribution is -2.50. The zero-order valence-electron chi connectivity index (χ0n) is 20.7. The number of β-amino-alcohol motifs (C(OH)–C–C–N with tert-alkyl or cyclic N) is 1. The standard InChI is InChI=1S/C26H37N7O2/c1-26(2,34)18-32-10-12-33(13-11-32)20-5-3-19(4-6-20)22-15-23-24(29-8-7-28-23)25(31-22)30-17-21-16-27-9-14-35-21/h3-8,15,21,23,27-28,34H,9-14,16-18H2,1-2H3,(H,30,31). The molecule has 4 aliphatic heterocycles. The Morgan fingerprint density at radius 3 is 2.69 bits per heavy atom. The third kappa shape index (κ3) is 6.10. The molecule has 5 rings (SSSR count). The Bertz CT molecular complexity index is 996. The number of hydrogen-bond donors (Lipinski definition) is 4. The summed E-state index contributed by atoms with van der Waals surface area (Å²) in [7, 11) is 0. The molecule has 0 radical (unpaired) electrons. The van der Waals surface area contributed by atoms with E-state index in [1.807, 2.05) is 20.0 Å². The lowest BCUT2D eigenvalue weighted by atomic mass is 10.0. The highest BCUT2D eigenvalue weighted by Gasteiger charge is 2.27. The van der Waals surface area contributed by atoms with Gasteiger partial charge < -0.3 is 30.7 Å². The maximum atomic E-state index is 10.1. The van der Waals surface area contributed by atoms with Crippen molar-refractivity contribution in [2.45, 2.75) is 31.6 Å². The van der Waals surface area contributed by atoms with E-state index >= 15 is 0 Å². The van der Waals surface area contributed by atoms with Gasteiger partial charge in [-0.05, 0) is 32.1 Å². The van der Waals surface area contributed by atoms with Gasteiger partial charge in [-0.1, -0.05) is 12.1 Å². The first-order valence-electron chi connectivity index (χ1n) is 12.6. The van der Waals surface area contributed by atoms with Crippen molar-refractivity contribution >= 4 is 22.9 Å². The summed E-state index contributed by atoms with van der Waals surface area (Å²) in [4.78, 5) is 14.3. The fourth-order valence-electron chi connectivity index (χ4n) is 4.94. The fourth-order valence-corrected chi connectivity index (χ4v) is 4.94. The van der Waals surface area contributed by atoms with Gasteiger partial charge >= 0.3 is 0 Å². The highest BCUT2D eigenvalue weighted by Crippen LogP contribution is 2.25. The first-order chi connectivity index (χ1) is 16.9. The van der Waals surface area contributed by atoms with Crippen LogP contribution in [0.5, 0.6) is 0 Å². The quantitative estimate of drug-likeness (QED) is 0.479. The van der Waals surface area contributed by atoms with Crippen LogP contribution in [0.25, 0.3) is 5.70 Å². The van der Waals surface area contributed by atoms with Crippen molar-refractivity contribution in [1.82, 2.24) is 20.9 Å². The Labute approximate surface area is 207 Å². The number of morpholine rings is 1. The van der Waals surface area contributed by atoms with Crippen LogP contribution in [0, 0.1) is 0 Å². The molecule has 0 aromatic heterocycles. The van der Waals surface area contributed by atoms with E-state index in [0.717, 1.165) is 68.7 Å². The number of rotatable bonds is 6. The fraction of sp³-hybridized carbons (Fsp3) is 0.538. The summed E-state index contributed by atoms with van der Waals surface area (Å²) in [6.45, 7) is 11.4. The van der Waals surface area contributed by atoms with Crippen LogP contribution in [0.4, 0.5) is 5.69 Å². The maximum Gasteiger partial charge on any atom is 0.151 e. The van der Waals surface area contributed by atoms with E-state index in [1.54, 1.807) is 6.20 Å². The molecule has 2 atom stereocenters. The summed E-state index contributed by atoms with van der Waals surface area (Å²) >= 11 is 0. The normalized spacial score (nSPS) is 25.2. The second-order valence-corrected chi connectivity index (χ2v) is 10.2. The molecule has 4 heterocycles. The van der Waals surface area contributed by atoms with Crippen LogP contribution in [-0.4, -0.2) is 98.3 Å². The summed E-state index contributed by atoms with van der Waals surface area (Å²) < 4.78 is 5.83. The predicted molar refractivity (Wildman–Crippen MR) is 141 cm³/mol. The number of amidine groups is 1. The molecule has 4 aliphatic rings. The minimum atomic E-state index is -0.653. The van der Waals surface area contributed by atoms with Crippen LogP contribution in [0.3, 0.4) is 0 Å². The van der Waals surface area contributed by atoms with Crippen molar-refractivity contribution in [3.8, 4) is 0 Å². The number of nitrogens with one attached hydrogen (secondary N) is 3. The number of piperazine rings is 1. The summed E-state index contributed by atoms with van der Waals surface area (Å²) in [5, 5.41) is 20.3. The van der Waals surface area contributed by atoms with E-state index in [0.29, 0.717) is 13.1 Å². The summed E-state index contributed by atoms with van der Waals surface area (Å²) in [5.74, 6) is 0.797. The summed E-state index contributed by atoms with van der Waals surface area (Å²) in [6, 6.07) is 8.66. The molecule has 9 nitrogen and oxygen atoms in total. The molecule has 2 saturated heterocycles. The van der Waals surface area contributed by atoms with Gasteiger partial charge in [0.15, 0.2) is 5.84 Å². The summed E-state index contributed by atoms with van der Waals surface area (Å²) in [6.07, 6.45) is 5.91. The van der Waals surface area contributed by atoms with Crippen molar-refractivity contribution in [1.29, 1.82) is 0 Å². The van der Waals surface area contributed by atoms with Crippen molar-refractivity contribution in [3.05, 3.63) is 48.3 Å². The average molecular weight is 480 g/mol. The van der Waals surface area contributed by atoms with E-state index < -0.39 is 5.60 Å². The zero-order valence-corrected chi connectivity index (χ0v) is 20.7. The van der Waals surface area contributed by atoms with Crippen molar-refractivity contribution in [2.75, 3.05) is 63.9 Å². The molecule has 0 spiro atoms. The van der Waals surface area contributed by atoms with Gasteiger partial charge in [-0.25, -0.2) is 4.99 Å². The molecule has 9 heteroatoms. The topological polar surface area (TPSA) is 96.8 Å². The van der Waals surface area contributed by atoms with Gasteiger partial charge in [-0.3, -0.25) is 9.89 Å². The first-order valence-corrected chi connectivity index (χ1v) is 12.6. The SMILES string of the molecule is CC(C)(O)CN1CCN(c2ccc(C3=CC4NC=CN=C4C(NCC4CNCCO4)=N3)cc2)CC1. The van der Waals surface area contributed by atoms with Crippen LogP contribution in [-0.2, 0) is 4.74 Å². The van der Waals surface area contributed by atoms with Gasteiger partial charge in [0.05, 0.1) is 30.1 Å².